The minimum Gasteiger partial charge on any atom is -0.440 e. The van der Waals surface area contributed by atoms with E-state index in [1.54, 1.807) is 6.21 Å². The van der Waals surface area contributed by atoms with E-state index in [2.05, 4.69) is 22.5 Å². The summed E-state index contributed by atoms with van der Waals surface area (Å²) in [7, 11) is 0. The Morgan fingerprint density at radius 3 is 2.68 bits per heavy atom. The lowest BCUT2D eigenvalue weighted by Crippen LogP contribution is -2.16. The van der Waals surface area contributed by atoms with Gasteiger partial charge in [-0.1, -0.05) is 12.1 Å². The number of anilines is 1. The van der Waals surface area contributed by atoms with Gasteiger partial charge in [0.2, 0.25) is 0 Å². The van der Waals surface area contributed by atoms with Crippen molar-refractivity contribution >= 4 is 30.4 Å². The minimum atomic E-state index is 0.776. The summed E-state index contributed by atoms with van der Waals surface area (Å²) in [6.07, 6.45) is 4.24. The maximum Gasteiger partial charge on any atom is 0.196 e. The number of hydrogen-bond donors (Lipinski definition) is 1. The predicted molar refractivity (Wildman–Crippen MR) is 81.1 cm³/mol. The summed E-state index contributed by atoms with van der Waals surface area (Å²) >= 11 is 4.37. The number of nitrogens with zero attached hydrogens (tertiary/aromatic N) is 2. The minimum absolute atomic E-state index is 0.776. The third-order valence-electron chi connectivity index (χ3n) is 3.24. The Hall–Kier alpha value is -1.68. The van der Waals surface area contributed by atoms with E-state index < -0.39 is 0 Å². The molecule has 1 aliphatic rings. The van der Waals surface area contributed by atoms with Gasteiger partial charge in [0, 0.05) is 24.1 Å². The summed E-state index contributed by atoms with van der Waals surface area (Å²) in [6, 6.07) is 11.7. The Morgan fingerprint density at radius 2 is 1.89 bits per heavy atom. The van der Waals surface area contributed by atoms with Crippen LogP contribution in [0.2, 0.25) is 0 Å². The molecule has 98 valence electrons. The summed E-state index contributed by atoms with van der Waals surface area (Å²) in [6.45, 7) is 2.17. The molecular weight excluding hydrogens is 256 g/mol. The van der Waals surface area contributed by atoms with Crippen LogP contribution in [0.5, 0.6) is 0 Å². The highest BCUT2D eigenvalue weighted by Gasteiger charge is 2.14. The summed E-state index contributed by atoms with van der Waals surface area (Å²) in [5, 5.41) is 0. The fourth-order valence-electron chi connectivity index (χ4n) is 2.23. The fraction of sp³-hybridized carbons (Fsp3) is 0.267. The average Bonchev–Trinajstić information content (AvgIpc) is 3.09. The normalized spacial score (nSPS) is 15.5. The summed E-state index contributed by atoms with van der Waals surface area (Å²) in [5.41, 5.74) is 0.852. The van der Waals surface area contributed by atoms with Crippen molar-refractivity contribution in [2.45, 2.75) is 17.7 Å². The van der Waals surface area contributed by atoms with Crippen molar-refractivity contribution in [2.75, 3.05) is 18.0 Å². The summed E-state index contributed by atoms with van der Waals surface area (Å²) in [4.78, 5) is 7.54. The molecule has 0 spiro atoms. The number of furan rings is 1. The Balaban J connectivity index is 1.75. The number of hydrogen-bond acceptors (Lipinski definition) is 4. The van der Waals surface area contributed by atoms with Crippen LogP contribution in [-0.4, -0.2) is 19.3 Å². The van der Waals surface area contributed by atoms with Crippen LogP contribution in [-0.2, 0) is 0 Å². The molecule has 1 aromatic carbocycles. The Bertz CT molecular complexity index is 585. The molecule has 3 rings (SSSR count). The molecule has 0 amide bonds. The maximum atomic E-state index is 5.78. The van der Waals surface area contributed by atoms with Gasteiger partial charge in [-0.2, -0.15) is 0 Å². The second-order valence-electron chi connectivity index (χ2n) is 4.62. The van der Waals surface area contributed by atoms with Crippen molar-refractivity contribution in [2.24, 2.45) is 4.99 Å². The molecule has 1 aromatic heterocycles. The molecule has 1 aliphatic heterocycles. The molecule has 0 radical (unpaired) electrons. The first-order valence-electron chi connectivity index (χ1n) is 6.50. The molecule has 0 bridgehead atoms. The van der Waals surface area contributed by atoms with E-state index >= 15 is 0 Å². The largest absolute Gasteiger partial charge is 0.440 e. The van der Waals surface area contributed by atoms with E-state index in [0.717, 1.165) is 35.3 Å². The lowest BCUT2D eigenvalue weighted by molar-refractivity contribution is 0.550. The highest BCUT2D eigenvalue weighted by atomic mass is 32.1. The number of aliphatic imine (C=N–C) groups is 1. The lowest BCUT2D eigenvalue weighted by Gasteiger charge is -2.12. The van der Waals surface area contributed by atoms with Crippen molar-refractivity contribution in [1.29, 1.82) is 0 Å². The SMILES string of the molecule is Sc1ccccc1N=Cc1ccc(N2CCCC2)o1. The van der Waals surface area contributed by atoms with Gasteiger partial charge in [-0.05, 0) is 31.0 Å². The highest BCUT2D eigenvalue weighted by Crippen LogP contribution is 2.24. The second-order valence-corrected chi connectivity index (χ2v) is 5.10. The topological polar surface area (TPSA) is 28.7 Å². The van der Waals surface area contributed by atoms with Crippen LogP contribution in [0.1, 0.15) is 18.6 Å². The summed E-state index contributed by atoms with van der Waals surface area (Å²) < 4.78 is 5.78. The third kappa shape index (κ3) is 2.84. The molecular formula is C15H16N2OS. The van der Waals surface area contributed by atoms with Crippen LogP contribution in [0.4, 0.5) is 11.6 Å². The molecule has 2 aromatic rings. The Morgan fingerprint density at radius 1 is 1.11 bits per heavy atom. The molecule has 4 heteroatoms. The van der Waals surface area contributed by atoms with E-state index in [4.69, 9.17) is 4.42 Å². The zero-order valence-electron chi connectivity index (χ0n) is 10.6. The molecule has 1 fully saturated rings. The van der Waals surface area contributed by atoms with E-state index in [0.29, 0.717) is 0 Å². The molecule has 0 aliphatic carbocycles. The summed E-state index contributed by atoms with van der Waals surface area (Å²) in [5.74, 6) is 1.72. The first kappa shape index (κ1) is 12.4. The van der Waals surface area contributed by atoms with Crippen molar-refractivity contribution < 1.29 is 4.42 Å². The molecule has 0 atom stereocenters. The number of thiol groups is 1. The smallest absolute Gasteiger partial charge is 0.196 e. The molecule has 3 nitrogen and oxygen atoms in total. The van der Waals surface area contributed by atoms with Crippen LogP contribution >= 0.6 is 12.6 Å². The van der Waals surface area contributed by atoms with Gasteiger partial charge >= 0.3 is 0 Å². The average molecular weight is 272 g/mol. The first-order valence-corrected chi connectivity index (χ1v) is 6.94. The molecule has 2 heterocycles. The lowest BCUT2D eigenvalue weighted by atomic mass is 10.3. The van der Waals surface area contributed by atoms with E-state index in [9.17, 15) is 0 Å². The van der Waals surface area contributed by atoms with Gasteiger partial charge in [-0.15, -0.1) is 12.6 Å². The van der Waals surface area contributed by atoms with Crippen LogP contribution in [0.3, 0.4) is 0 Å². The van der Waals surface area contributed by atoms with Crippen molar-refractivity contribution in [1.82, 2.24) is 0 Å². The van der Waals surface area contributed by atoms with Gasteiger partial charge in [0.25, 0.3) is 0 Å². The van der Waals surface area contributed by atoms with Crippen molar-refractivity contribution in [3.63, 3.8) is 0 Å². The first-order chi connectivity index (χ1) is 9.33. The predicted octanol–water partition coefficient (Wildman–Crippen LogP) is 3.92. The highest BCUT2D eigenvalue weighted by molar-refractivity contribution is 7.80. The van der Waals surface area contributed by atoms with E-state index in [-0.39, 0.29) is 0 Å². The maximum absolute atomic E-state index is 5.78. The third-order valence-corrected chi connectivity index (χ3v) is 3.62. The Kier molecular flexibility index (Phi) is 3.60. The number of benzene rings is 1. The second kappa shape index (κ2) is 5.53. The molecule has 19 heavy (non-hydrogen) atoms. The van der Waals surface area contributed by atoms with Gasteiger partial charge in [0.1, 0.15) is 5.76 Å². The van der Waals surface area contributed by atoms with Crippen molar-refractivity contribution in [3.05, 3.63) is 42.2 Å². The fourth-order valence-corrected chi connectivity index (χ4v) is 2.44. The van der Waals surface area contributed by atoms with Crippen LogP contribution in [0.25, 0.3) is 0 Å². The number of rotatable bonds is 3. The van der Waals surface area contributed by atoms with Crippen molar-refractivity contribution in [3.8, 4) is 0 Å². The standard InChI is InChI=1S/C15H16N2OS/c19-14-6-2-1-5-13(14)16-11-12-7-8-15(18-12)17-9-3-4-10-17/h1-2,5-8,11,19H,3-4,9-10H2. The van der Waals surface area contributed by atoms with Crippen LogP contribution in [0.15, 0.2) is 50.7 Å². The van der Waals surface area contributed by atoms with E-state index in [1.165, 1.54) is 12.8 Å². The zero-order chi connectivity index (χ0) is 13.1. The van der Waals surface area contributed by atoms with Gasteiger partial charge < -0.3 is 9.32 Å². The zero-order valence-corrected chi connectivity index (χ0v) is 11.5. The van der Waals surface area contributed by atoms with E-state index in [1.807, 2.05) is 36.4 Å². The van der Waals surface area contributed by atoms with Crippen LogP contribution in [0, 0.1) is 0 Å². The molecule has 0 unspecified atom stereocenters. The number of para-hydroxylation sites is 1. The Labute approximate surface area is 118 Å². The quantitative estimate of drug-likeness (QED) is 0.677. The van der Waals surface area contributed by atoms with Gasteiger partial charge in [0.05, 0.1) is 11.9 Å². The monoisotopic (exact) mass is 272 g/mol. The van der Waals surface area contributed by atoms with Crippen LogP contribution < -0.4 is 4.90 Å². The molecule has 0 saturated carbocycles. The van der Waals surface area contributed by atoms with Gasteiger partial charge in [0.15, 0.2) is 5.88 Å². The molecule has 1 saturated heterocycles. The molecule has 0 N–H and O–H groups in total. The van der Waals surface area contributed by atoms with Gasteiger partial charge in [-0.3, -0.25) is 4.99 Å². The van der Waals surface area contributed by atoms with Gasteiger partial charge in [-0.25, -0.2) is 0 Å².